The summed E-state index contributed by atoms with van der Waals surface area (Å²) in [5.41, 5.74) is 9.82. The second-order valence-electron chi connectivity index (χ2n) is 4.73. The van der Waals surface area contributed by atoms with Crippen LogP contribution < -0.4 is 11.1 Å². The molecule has 0 unspecified atom stereocenters. The van der Waals surface area contributed by atoms with Crippen LogP contribution in [-0.4, -0.2) is 4.98 Å². The quantitative estimate of drug-likeness (QED) is 0.688. The molecule has 102 valence electrons. The monoisotopic (exact) mass is 287 g/mol. The van der Waals surface area contributed by atoms with E-state index < -0.39 is 0 Å². The third-order valence-corrected chi connectivity index (χ3v) is 4.04. The first-order valence-electron chi connectivity index (χ1n) is 6.23. The lowest BCUT2D eigenvalue weighted by molar-refractivity contribution is 0.619. The van der Waals surface area contributed by atoms with Crippen molar-refractivity contribution in [3.8, 4) is 0 Å². The molecule has 0 bridgehead atoms. The summed E-state index contributed by atoms with van der Waals surface area (Å²) in [4.78, 5) is 4.45. The minimum atomic E-state index is -0.214. The zero-order chi connectivity index (χ0) is 14.3. The van der Waals surface area contributed by atoms with E-state index in [-0.39, 0.29) is 5.82 Å². The zero-order valence-electron chi connectivity index (χ0n) is 11.2. The Hall–Kier alpha value is -2.14. The van der Waals surface area contributed by atoms with Crippen molar-refractivity contribution in [2.45, 2.75) is 13.8 Å². The molecule has 0 saturated carbocycles. The van der Waals surface area contributed by atoms with E-state index in [4.69, 9.17) is 5.73 Å². The van der Waals surface area contributed by atoms with Crippen molar-refractivity contribution in [3.05, 3.63) is 46.7 Å². The van der Waals surface area contributed by atoms with E-state index in [1.165, 1.54) is 6.07 Å². The average molecular weight is 287 g/mol. The number of hydrogen-bond acceptors (Lipinski definition) is 4. The van der Waals surface area contributed by atoms with Gasteiger partial charge in [-0.2, -0.15) is 0 Å². The van der Waals surface area contributed by atoms with Crippen molar-refractivity contribution in [1.82, 2.24) is 4.98 Å². The topological polar surface area (TPSA) is 50.9 Å². The second-order valence-corrected chi connectivity index (χ2v) is 5.96. The van der Waals surface area contributed by atoms with Gasteiger partial charge in [0.15, 0.2) is 0 Å². The Labute approximate surface area is 120 Å². The number of aryl methyl sites for hydroxylation is 2. The van der Waals surface area contributed by atoms with Crippen LogP contribution in [0.1, 0.15) is 10.6 Å². The lowest BCUT2D eigenvalue weighted by Gasteiger charge is -2.10. The molecule has 0 amide bonds. The van der Waals surface area contributed by atoms with Crippen molar-refractivity contribution in [2.75, 3.05) is 11.1 Å². The standard InChI is InChI=1S/C15H14FN3S/c1-8-5-10(3-4-11(8)16)19-13-7-14-15(6-12(13)17)20-9(2)18-14/h3-7,19H,17H2,1-2H3. The Morgan fingerprint density at radius 3 is 2.75 bits per heavy atom. The number of rotatable bonds is 2. The molecule has 5 heteroatoms. The summed E-state index contributed by atoms with van der Waals surface area (Å²) < 4.78 is 14.3. The Bertz CT molecular complexity index is 795. The maximum Gasteiger partial charge on any atom is 0.126 e. The molecule has 2 aromatic carbocycles. The van der Waals surface area contributed by atoms with Crippen LogP contribution in [0, 0.1) is 19.7 Å². The molecule has 0 radical (unpaired) electrons. The van der Waals surface area contributed by atoms with Crippen molar-refractivity contribution < 1.29 is 4.39 Å². The highest BCUT2D eigenvalue weighted by Gasteiger charge is 2.07. The Kier molecular flexibility index (Phi) is 3.06. The Morgan fingerprint density at radius 1 is 1.20 bits per heavy atom. The van der Waals surface area contributed by atoms with Gasteiger partial charge in [-0.3, -0.25) is 0 Å². The van der Waals surface area contributed by atoms with Crippen molar-refractivity contribution >= 4 is 38.6 Å². The molecule has 20 heavy (non-hydrogen) atoms. The van der Waals surface area contributed by atoms with Gasteiger partial charge in [-0.1, -0.05) is 0 Å². The summed E-state index contributed by atoms with van der Waals surface area (Å²) >= 11 is 1.62. The van der Waals surface area contributed by atoms with Crippen LogP contribution in [-0.2, 0) is 0 Å². The maximum atomic E-state index is 13.3. The summed E-state index contributed by atoms with van der Waals surface area (Å²) in [5.74, 6) is -0.214. The van der Waals surface area contributed by atoms with Gasteiger partial charge in [0.25, 0.3) is 0 Å². The Morgan fingerprint density at radius 2 is 2.00 bits per heavy atom. The highest BCUT2D eigenvalue weighted by atomic mass is 32.1. The summed E-state index contributed by atoms with van der Waals surface area (Å²) in [7, 11) is 0. The zero-order valence-corrected chi connectivity index (χ0v) is 12.0. The fourth-order valence-electron chi connectivity index (χ4n) is 2.09. The number of nitrogens with one attached hydrogen (secondary N) is 1. The molecule has 0 aliphatic carbocycles. The van der Waals surface area contributed by atoms with Gasteiger partial charge in [0.2, 0.25) is 0 Å². The van der Waals surface area contributed by atoms with Crippen LogP contribution in [0.4, 0.5) is 21.5 Å². The largest absolute Gasteiger partial charge is 0.397 e. The predicted octanol–water partition coefficient (Wildman–Crippen LogP) is 4.38. The fourth-order valence-corrected chi connectivity index (χ4v) is 2.95. The van der Waals surface area contributed by atoms with Crippen LogP contribution in [0.3, 0.4) is 0 Å². The minimum Gasteiger partial charge on any atom is -0.397 e. The van der Waals surface area contributed by atoms with E-state index in [0.29, 0.717) is 11.3 Å². The number of halogens is 1. The van der Waals surface area contributed by atoms with Crippen LogP contribution in [0.25, 0.3) is 10.2 Å². The molecule has 1 heterocycles. The minimum absolute atomic E-state index is 0.214. The van der Waals surface area contributed by atoms with Crippen LogP contribution in [0.15, 0.2) is 30.3 Å². The van der Waals surface area contributed by atoms with Gasteiger partial charge in [0, 0.05) is 5.69 Å². The summed E-state index contributed by atoms with van der Waals surface area (Å²) in [5, 5.41) is 4.22. The molecule has 1 aromatic heterocycles. The SMILES string of the molecule is Cc1nc2cc(Nc3ccc(F)c(C)c3)c(N)cc2s1. The molecule has 0 spiro atoms. The van der Waals surface area contributed by atoms with Crippen molar-refractivity contribution in [2.24, 2.45) is 0 Å². The molecule has 3 N–H and O–H groups in total. The fraction of sp³-hybridized carbons (Fsp3) is 0.133. The molecule has 0 atom stereocenters. The number of thiazole rings is 1. The van der Waals surface area contributed by atoms with Crippen LogP contribution >= 0.6 is 11.3 Å². The number of nitrogens with zero attached hydrogens (tertiary/aromatic N) is 1. The van der Waals surface area contributed by atoms with Gasteiger partial charge in [0.1, 0.15) is 5.82 Å². The predicted molar refractivity (Wildman–Crippen MR) is 83.2 cm³/mol. The van der Waals surface area contributed by atoms with Gasteiger partial charge in [0.05, 0.1) is 26.6 Å². The van der Waals surface area contributed by atoms with Crippen molar-refractivity contribution in [1.29, 1.82) is 0 Å². The first kappa shape index (κ1) is 12.9. The lowest BCUT2D eigenvalue weighted by atomic mass is 10.2. The highest BCUT2D eigenvalue weighted by molar-refractivity contribution is 7.18. The number of nitrogen functional groups attached to an aromatic ring is 1. The Balaban J connectivity index is 2.00. The molecule has 0 aliphatic heterocycles. The number of nitrogens with two attached hydrogens (primary N) is 1. The highest BCUT2D eigenvalue weighted by Crippen LogP contribution is 2.31. The van der Waals surface area contributed by atoms with E-state index >= 15 is 0 Å². The third kappa shape index (κ3) is 2.32. The number of anilines is 3. The van der Waals surface area contributed by atoms with E-state index in [9.17, 15) is 4.39 Å². The molecule has 0 saturated heterocycles. The summed E-state index contributed by atoms with van der Waals surface area (Å²) in [6.07, 6.45) is 0. The van der Waals surface area contributed by atoms with Crippen molar-refractivity contribution in [3.63, 3.8) is 0 Å². The van der Waals surface area contributed by atoms with Gasteiger partial charge in [-0.15, -0.1) is 11.3 Å². The average Bonchev–Trinajstić information content (AvgIpc) is 2.73. The summed E-state index contributed by atoms with van der Waals surface area (Å²) in [6.45, 7) is 3.70. The van der Waals surface area contributed by atoms with E-state index in [1.54, 1.807) is 30.4 Å². The van der Waals surface area contributed by atoms with E-state index in [2.05, 4.69) is 10.3 Å². The molecular formula is C15H14FN3S. The summed E-state index contributed by atoms with van der Waals surface area (Å²) in [6, 6.07) is 8.73. The molecule has 3 aromatic rings. The maximum absolute atomic E-state index is 13.3. The normalized spacial score (nSPS) is 10.9. The van der Waals surface area contributed by atoms with Gasteiger partial charge >= 0.3 is 0 Å². The number of hydrogen-bond donors (Lipinski definition) is 2. The molecule has 0 fully saturated rings. The first-order chi connectivity index (χ1) is 9.52. The van der Waals surface area contributed by atoms with E-state index in [1.807, 2.05) is 19.1 Å². The van der Waals surface area contributed by atoms with Gasteiger partial charge < -0.3 is 11.1 Å². The lowest BCUT2D eigenvalue weighted by Crippen LogP contribution is -1.97. The van der Waals surface area contributed by atoms with Crippen LogP contribution in [0.5, 0.6) is 0 Å². The molecule has 3 rings (SSSR count). The van der Waals surface area contributed by atoms with E-state index in [0.717, 1.165) is 26.6 Å². The number of aromatic nitrogens is 1. The number of fused-ring (bicyclic) bond motifs is 1. The van der Waals surface area contributed by atoms with Gasteiger partial charge in [-0.25, -0.2) is 9.37 Å². The molecule has 3 nitrogen and oxygen atoms in total. The smallest absolute Gasteiger partial charge is 0.126 e. The van der Waals surface area contributed by atoms with Gasteiger partial charge in [-0.05, 0) is 49.7 Å². The third-order valence-electron chi connectivity index (χ3n) is 3.10. The molecular weight excluding hydrogens is 273 g/mol. The second kappa shape index (κ2) is 4.76. The first-order valence-corrected chi connectivity index (χ1v) is 7.04. The van der Waals surface area contributed by atoms with Crippen LogP contribution in [0.2, 0.25) is 0 Å². The number of benzene rings is 2. The molecule has 0 aliphatic rings.